The summed E-state index contributed by atoms with van der Waals surface area (Å²) < 4.78 is 0. The second-order valence-electron chi connectivity index (χ2n) is 4.37. The highest BCUT2D eigenvalue weighted by Gasteiger charge is 2.24. The second-order valence-corrected chi connectivity index (χ2v) is 4.37. The zero-order valence-electron chi connectivity index (χ0n) is 7.41. The van der Waals surface area contributed by atoms with Gasteiger partial charge >= 0.3 is 0 Å². The minimum atomic E-state index is 0. The molecule has 0 saturated heterocycles. The summed E-state index contributed by atoms with van der Waals surface area (Å²) in [5.74, 6) is 0.980. The molecule has 0 radical (unpaired) electrons. The largest absolute Gasteiger partial charge is 0.412 e. The molecule has 2 N–H and O–H groups in total. The van der Waals surface area contributed by atoms with Gasteiger partial charge in [-0.3, -0.25) is 0 Å². The van der Waals surface area contributed by atoms with E-state index in [1.54, 1.807) is 0 Å². The van der Waals surface area contributed by atoms with Crippen LogP contribution in [0.3, 0.4) is 0 Å². The molecule has 62 valence electrons. The second kappa shape index (κ2) is 3.38. The molecule has 1 unspecified atom stereocenters. The van der Waals surface area contributed by atoms with Crippen LogP contribution in [-0.4, -0.2) is 5.48 Å². The smallest absolute Gasteiger partial charge is 0.0352 e. The van der Waals surface area contributed by atoms with Crippen LogP contribution in [0, 0.1) is 11.3 Å². The molecule has 1 fully saturated rings. The van der Waals surface area contributed by atoms with Crippen LogP contribution in [-0.2, 0) is 0 Å². The molecule has 1 nitrogen and oxygen atoms in total. The van der Waals surface area contributed by atoms with Crippen LogP contribution in [0.25, 0.3) is 0 Å². The van der Waals surface area contributed by atoms with Crippen molar-refractivity contribution in [1.29, 1.82) is 0 Å². The zero-order valence-corrected chi connectivity index (χ0v) is 7.41. The van der Waals surface area contributed by atoms with Crippen LogP contribution in [0.5, 0.6) is 0 Å². The Morgan fingerprint density at radius 3 is 2.20 bits per heavy atom. The highest BCUT2D eigenvalue weighted by Crippen LogP contribution is 2.37. The Morgan fingerprint density at radius 2 is 1.90 bits per heavy atom. The quantitative estimate of drug-likeness (QED) is 0.500. The molecule has 1 aliphatic carbocycles. The molecule has 1 rings (SSSR count). The molecule has 1 aliphatic rings. The van der Waals surface area contributed by atoms with Crippen LogP contribution in [0.4, 0.5) is 0 Å². The molecule has 0 spiro atoms. The number of hydrogen-bond acceptors (Lipinski definition) is 0. The van der Waals surface area contributed by atoms with Gasteiger partial charge in [-0.25, -0.2) is 0 Å². The summed E-state index contributed by atoms with van der Waals surface area (Å²) >= 11 is 0. The minimum Gasteiger partial charge on any atom is -0.412 e. The molecule has 0 bridgehead atoms. The Balaban J connectivity index is 0.000000810. The molecular weight excluding hydrogens is 124 g/mol. The summed E-state index contributed by atoms with van der Waals surface area (Å²) in [6.07, 6.45) is 5.79. The SMILES string of the molecule is CC1CCCC(C)(C)C1.O. The summed E-state index contributed by atoms with van der Waals surface area (Å²) in [5.41, 5.74) is 0.650. The third kappa shape index (κ3) is 2.70. The Hall–Kier alpha value is -0.0400. The van der Waals surface area contributed by atoms with Crippen molar-refractivity contribution in [1.82, 2.24) is 0 Å². The van der Waals surface area contributed by atoms with E-state index >= 15 is 0 Å². The van der Waals surface area contributed by atoms with Gasteiger partial charge in [0.1, 0.15) is 0 Å². The van der Waals surface area contributed by atoms with Crippen molar-refractivity contribution in [2.24, 2.45) is 11.3 Å². The van der Waals surface area contributed by atoms with Crippen LogP contribution in [0.15, 0.2) is 0 Å². The van der Waals surface area contributed by atoms with Crippen LogP contribution >= 0.6 is 0 Å². The highest BCUT2D eigenvalue weighted by atomic mass is 16.0. The summed E-state index contributed by atoms with van der Waals surface area (Å²) in [4.78, 5) is 0. The van der Waals surface area contributed by atoms with Crippen LogP contribution < -0.4 is 0 Å². The fraction of sp³-hybridized carbons (Fsp3) is 1.00. The van der Waals surface area contributed by atoms with E-state index in [0.29, 0.717) is 5.41 Å². The Morgan fingerprint density at radius 1 is 1.30 bits per heavy atom. The average molecular weight is 144 g/mol. The lowest BCUT2D eigenvalue weighted by atomic mass is 9.73. The van der Waals surface area contributed by atoms with E-state index in [1.807, 2.05) is 0 Å². The molecule has 0 aliphatic heterocycles. The van der Waals surface area contributed by atoms with E-state index in [1.165, 1.54) is 25.7 Å². The zero-order chi connectivity index (χ0) is 6.91. The average Bonchev–Trinajstić information content (AvgIpc) is 1.60. The molecular formula is C9H20O. The first-order chi connectivity index (χ1) is 4.10. The van der Waals surface area contributed by atoms with Gasteiger partial charge in [-0.15, -0.1) is 0 Å². The van der Waals surface area contributed by atoms with Gasteiger partial charge in [0.15, 0.2) is 0 Å². The van der Waals surface area contributed by atoms with Gasteiger partial charge in [0, 0.05) is 0 Å². The Bertz CT molecular complexity index is 96.9. The first-order valence-electron chi connectivity index (χ1n) is 4.10. The van der Waals surface area contributed by atoms with Crippen LogP contribution in [0.2, 0.25) is 0 Å². The Kier molecular flexibility index (Phi) is 3.37. The maximum atomic E-state index is 2.39. The lowest BCUT2D eigenvalue weighted by Crippen LogP contribution is -2.20. The third-order valence-electron chi connectivity index (χ3n) is 2.45. The lowest BCUT2D eigenvalue weighted by molar-refractivity contribution is 0.191. The van der Waals surface area contributed by atoms with E-state index in [2.05, 4.69) is 20.8 Å². The van der Waals surface area contributed by atoms with Crippen molar-refractivity contribution in [3.63, 3.8) is 0 Å². The summed E-state index contributed by atoms with van der Waals surface area (Å²) in [6, 6.07) is 0. The molecule has 0 aromatic carbocycles. The predicted molar refractivity (Wildman–Crippen MR) is 45.0 cm³/mol. The minimum absolute atomic E-state index is 0. The first-order valence-corrected chi connectivity index (χ1v) is 4.10. The first kappa shape index (κ1) is 9.96. The molecule has 0 heterocycles. The van der Waals surface area contributed by atoms with Gasteiger partial charge < -0.3 is 5.48 Å². The fourth-order valence-corrected chi connectivity index (χ4v) is 2.08. The van der Waals surface area contributed by atoms with Crippen molar-refractivity contribution < 1.29 is 5.48 Å². The topological polar surface area (TPSA) is 31.5 Å². The third-order valence-corrected chi connectivity index (χ3v) is 2.45. The predicted octanol–water partition coefficient (Wildman–Crippen LogP) is 2.40. The fourth-order valence-electron chi connectivity index (χ4n) is 2.08. The van der Waals surface area contributed by atoms with Crippen molar-refractivity contribution in [3.05, 3.63) is 0 Å². The molecule has 1 atom stereocenters. The monoisotopic (exact) mass is 144 g/mol. The van der Waals surface area contributed by atoms with Gasteiger partial charge in [0.2, 0.25) is 0 Å². The van der Waals surface area contributed by atoms with E-state index in [9.17, 15) is 0 Å². The maximum Gasteiger partial charge on any atom is -0.0352 e. The standard InChI is InChI=1S/C9H18.H2O/c1-8-5-4-6-9(2,3)7-8;/h8H,4-7H2,1-3H3;1H2. The van der Waals surface area contributed by atoms with Crippen molar-refractivity contribution in [2.45, 2.75) is 46.5 Å². The van der Waals surface area contributed by atoms with Crippen molar-refractivity contribution >= 4 is 0 Å². The molecule has 1 heteroatoms. The summed E-state index contributed by atoms with van der Waals surface area (Å²) in [5, 5.41) is 0. The van der Waals surface area contributed by atoms with E-state index in [0.717, 1.165) is 5.92 Å². The van der Waals surface area contributed by atoms with Gasteiger partial charge in [0.05, 0.1) is 0 Å². The normalized spacial score (nSPS) is 30.9. The van der Waals surface area contributed by atoms with E-state index in [-0.39, 0.29) is 5.48 Å². The van der Waals surface area contributed by atoms with Gasteiger partial charge in [0.25, 0.3) is 0 Å². The molecule has 1 saturated carbocycles. The lowest BCUT2D eigenvalue weighted by Gasteiger charge is -2.33. The van der Waals surface area contributed by atoms with Gasteiger partial charge in [-0.05, 0) is 24.2 Å². The number of hydrogen-bond donors (Lipinski definition) is 0. The van der Waals surface area contributed by atoms with Gasteiger partial charge in [-0.2, -0.15) is 0 Å². The maximum absolute atomic E-state index is 2.39. The van der Waals surface area contributed by atoms with Crippen molar-refractivity contribution in [2.75, 3.05) is 0 Å². The highest BCUT2D eigenvalue weighted by molar-refractivity contribution is 4.76. The summed E-state index contributed by atoms with van der Waals surface area (Å²) in [7, 11) is 0. The molecule has 0 aromatic heterocycles. The Labute approximate surface area is 64.1 Å². The van der Waals surface area contributed by atoms with E-state index in [4.69, 9.17) is 0 Å². The molecule has 0 amide bonds. The van der Waals surface area contributed by atoms with Crippen LogP contribution in [0.1, 0.15) is 46.5 Å². The van der Waals surface area contributed by atoms with Gasteiger partial charge in [-0.1, -0.05) is 33.6 Å². The number of rotatable bonds is 0. The van der Waals surface area contributed by atoms with Crippen molar-refractivity contribution in [3.8, 4) is 0 Å². The molecule has 0 aromatic rings. The molecule has 10 heavy (non-hydrogen) atoms. The summed E-state index contributed by atoms with van der Waals surface area (Å²) in [6.45, 7) is 7.16. The van der Waals surface area contributed by atoms with E-state index < -0.39 is 0 Å².